The van der Waals surface area contributed by atoms with E-state index in [1.54, 1.807) is 19.3 Å². The first-order valence-electron chi connectivity index (χ1n) is 12.5. The molecule has 0 aromatic carbocycles. The van der Waals surface area contributed by atoms with Crippen molar-refractivity contribution < 1.29 is 4.79 Å². The normalized spacial score (nSPS) is 32.5. The van der Waals surface area contributed by atoms with Crippen molar-refractivity contribution in [1.82, 2.24) is 10.2 Å². The van der Waals surface area contributed by atoms with Crippen LogP contribution in [0, 0.1) is 23.2 Å². The van der Waals surface area contributed by atoms with Gasteiger partial charge in [-0.1, -0.05) is 25.8 Å². The molecule has 0 spiro atoms. The average molecular weight is 399 g/mol. The number of rotatable bonds is 11. The maximum absolute atomic E-state index is 11.9. The molecule has 1 amide bonds. The van der Waals surface area contributed by atoms with Gasteiger partial charge in [0.05, 0.1) is 0 Å². The molecule has 0 aromatic heterocycles. The lowest BCUT2D eigenvalue weighted by molar-refractivity contribution is -0.121. The Hall–Kier alpha value is -1.25. The van der Waals surface area contributed by atoms with Gasteiger partial charge in [-0.3, -0.25) is 4.79 Å². The molecule has 0 unspecified atom stereocenters. The first kappa shape index (κ1) is 21.0. The molecule has 162 valence electrons. The highest BCUT2D eigenvalue weighted by Crippen LogP contribution is 2.61. The summed E-state index contributed by atoms with van der Waals surface area (Å²) in [7, 11) is 0. The minimum Gasteiger partial charge on any atom is -0.374 e. The molecule has 1 N–H and O–H groups in total. The van der Waals surface area contributed by atoms with Crippen molar-refractivity contribution in [2.24, 2.45) is 23.2 Å². The third kappa shape index (κ3) is 5.67. The molecule has 1 heterocycles. The molecular formula is C26H42N2O. The van der Waals surface area contributed by atoms with Gasteiger partial charge in [0.2, 0.25) is 5.91 Å². The second-order valence-electron chi connectivity index (χ2n) is 10.7. The van der Waals surface area contributed by atoms with Gasteiger partial charge in [-0.05, 0) is 105 Å². The highest BCUT2D eigenvalue weighted by atomic mass is 16.1. The number of hydrogen-bond donors (Lipinski definition) is 1. The molecule has 0 aromatic rings. The quantitative estimate of drug-likeness (QED) is 0.444. The van der Waals surface area contributed by atoms with E-state index in [2.05, 4.69) is 35.5 Å². The van der Waals surface area contributed by atoms with Crippen LogP contribution in [0.25, 0.3) is 0 Å². The lowest BCUT2D eigenvalue weighted by atomic mass is 9.49. The van der Waals surface area contributed by atoms with E-state index < -0.39 is 0 Å². The second-order valence-corrected chi connectivity index (χ2v) is 10.7. The summed E-state index contributed by atoms with van der Waals surface area (Å²) in [5, 5.41) is 3.05. The Morgan fingerprint density at radius 3 is 2.45 bits per heavy atom. The van der Waals surface area contributed by atoms with Crippen molar-refractivity contribution in [3.63, 3.8) is 0 Å². The van der Waals surface area contributed by atoms with Gasteiger partial charge in [0.15, 0.2) is 0 Å². The van der Waals surface area contributed by atoms with E-state index in [0.717, 1.165) is 50.1 Å². The molecule has 4 fully saturated rings. The molecule has 4 saturated carbocycles. The largest absolute Gasteiger partial charge is 0.374 e. The summed E-state index contributed by atoms with van der Waals surface area (Å²) in [6.45, 7) is 5.32. The van der Waals surface area contributed by atoms with Gasteiger partial charge in [0.25, 0.3) is 0 Å². The minimum absolute atomic E-state index is 0.221. The number of allylic oxidation sites excluding steroid dienone is 2. The van der Waals surface area contributed by atoms with Crippen LogP contribution in [-0.4, -0.2) is 30.4 Å². The Kier molecular flexibility index (Phi) is 7.03. The van der Waals surface area contributed by atoms with Crippen LogP contribution in [0.15, 0.2) is 23.9 Å². The molecule has 0 atom stereocenters. The van der Waals surface area contributed by atoms with Crippen LogP contribution < -0.4 is 5.32 Å². The summed E-state index contributed by atoms with van der Waals surface area (Å²) >= 11 is 0. The molecule has 0 saturated heterocycles. The van der Waals surface area contributed by atoms with Gasteiger partial charge in [0.1, 0.15) is 0 Å². The standard InChI is InChI=1S/C26H42N2O/c1-2-3-4-11-27-25(29)7-5-6-21-8-12-28(13-9-21)14-10-26-18-22-15-23(19-26)17-24(16-22)20-26/h8-9,12,22-24H,2-7,10-11,13-20H2,1H3,(H,27,29). The van der Waals surface area contributed by atoms with Gasteiger partial charge >= 0.3 is 0 Å². The first-order valence-corrected chi connectivity index (χ1v) is 12.5. The smallest absolute Gasteiger partial charge is 0.220 e. The number of unbranched alkanes of at least 4 members (excludes halogenated alkanes) is 2. The topological polar surface area (TPSA) is 32.3 Å². The van der Waals surface area contributed by atoms with Crippen LogP contribution in [0.1, 0.15) is 90.4 Å². The first-order chi connectivity index (χ1) is 14.1. The third-order valence-corrected chi connectivity index (χ3v) is 8.15. The van der Waals surface area contributed by atoms with Gasteiger partial charge in [-0.2, -0.15) is 0 Å². The van der Waals surface area contributed by atoms with Crippen molar-refractivity contribution in [3.05, 3.63) is 23.9 Å². The Morgan fingerprint density at radius 2 is 1.83 bits per heavy atom. The summed E-state index contributed by atoms with van der Waals surface area (Å²) in [5.74, 6) is 3.41. The summed E-state index contributed by atoms with van der Waals surface area (Å²) in [6, 6.07) is 0. The zero-order valence-electron chi connectivity index (χ0n) is 18.6. The number of hydrogen-bond acceptors (Lipinski definition) is 2. The fourth-order valence-corrected chi connectivity index (χ4v) is 7.04. The fraction of sp³-hybridized carbons (Fsp3) is 0.808. The third-order valence-electron chi connectivity index (χ3n) is 8.15. The van der Waals surface area contributed by atoms with Crippen LogP contribution in [0.3, 0.4) is 0 Å². The Bertz CT molecular complexity index is 585. The highest BCUT2D eigenvalue weighted by molar-refractivity contribution is 5.75. The van der Waals surface area contributed by atoms with E-state index in [1.807, 2.05) is 0 Å². The monoisotopic (exact) mass is 398 g/mol. The number of nitrogens with zero attached hydrogens (tertiary/aromatic N) is 1. The van der Waals surface area contributed by atoms with Crippen LogP contribution in [0.5, 0.6) is 0 Å². The van der Waals surface area contributed by atoms with Crippen LogP contribution in [-0.2, 0) is 4.79 Å². The minimum atomic E-state index is 0.221. The number of carbonyl (C=O) groups excluding carboxylic acids is 1. The fourth-order valence-electron chi connectivity index (χ4n) is 7.04. The zero-order valence-corrected chi connectivity index (χ0v) is 18.6. The summed E-state index contributed by atoms with van der Waals surface area (Å²) in [4.78, 5) is 14.4. The maximum Gasteiger partial charge on any atom is 0.220 e. The van der Waals surface area contributed by atoms with Crippen molar-refractivity contribution in [2.75, 3.05) is 19.6 Å². The lowest BCUT2D eigenvalue weighted by Crippen LogP contribution is -2.47. The van der Waals surface area contributed by atoms with Crippen LogP contribution in [0.2, 0.25) is 0 Å². The summed E-state index contributed by atoms with van der Waals surface area (Å²) in [5.41, 5.74) is 2.10. The SMILES string of the molecule is CCCCCNC(=O)CCCC1=CCN(CCC23CC4CC(CC(C4)C2)C3)C=C1. The van der Waals surface area contributed by atoms with Gasteiger partial charge in [-0.25, -0.2) is 0 Å². The number of amides is 1. The van der Waals surface area contributed by atoms with Crippen LogP contribution >= 0.6 is 0 Å². The zero-order chi connectivity index (χ0) is 20.1. The molecule has 3 heteroatoms. The molecule has 5 rings (SSSR count). The maximum atomic E-state index is 11.9. The summed E-state index contributed by atoms with van der Waals surface area (Å²) < 4.78 is 0. The molecular weight excluding hydrogens is 356 g/mol. The van der Waals surface area contributed by atoms with Gasteiger partial charge in [0, 0.05) is 26.1 Å². The average Bonchev–Trinajstić information content (AvgIpc) is 2.70. The van der Waals surface area contributed by atoms with E-state index in [-0.39, 0.29) is 5.91 Å². The van der Waals surface area contributed by atoms with Crippen molar-refractivity contribution in [2.45, 2.75) is 90.4 Å². The van der Waals surface area contributed by atoms with Crippen molar-refractivity contribution >= 4 is 5.91 Å². The second kappa shape index (κ2) is 9.71. The molecule has 3 nitrogen and oxygen atoms in total. The Balaban J connectivity index is 1.12. The van der Waals surface area contributed by atoms with Crippen LogP contribution in [0.4, 0.5) is 0 Å². The predicted molar refractivity (Wildman–Crippen MR) is 120 cm³/mol. The predicted octanol–water partition coefficient (Wildman–Crippen LogP) is 5.83. The van der Waals surface area contributed by atoms with E-state index in [4.69, 9.17) is 0 Å². The van der Waals surface area contributed by atoms with Gasteiger partial charge in [-0.15, -0.1) is 0 Å². The van der Waals surface area contributed by atoms with E-state index in [0.29, 0.717) is 11.8 Å². The highest BCUT2D eigenvalue weighted by Gasteiger charge is 2.50. The molecule has 4 aliphatic carbocycles. The van der Waals surface area contributed by atoms with Crippen molar-refractivity contribution in [3.8, 4) is 0 Å². The Morgan fingerprint density at radius 1 is 1.10 bits per heavy atom. The van der Waals surface area contributed by atoms with Crippen molar-refractivity contribution in [1.29, 1.82) is 0 Å². The number of nitrogens with one attached hydrogen (secondary N) is 1. The molecule has 4 bridgehead atoms. The van der Waals surface area contributed by atoms with E-state index in [9.17, 15) is 4.79 Å². The van der Waals surface area contributed by atoms with E-state index in [1.165, 1.54) is 50.6 Å². The Labute approximate surface area is 178 Å². The molecule has 1 aliphatic heterocycles. The number of carbonyl (C=O) groups is 1. The summed E-state index contributed by atoms with van der Waals surface area (Å²) in [6.07, 6.45) is 23.8. The molecule has 5 aliphatic rings. The lowest BCUT2D eigenvalue weighted by Gasteiger charge is -2.57. The van der Waals surface area contributed by atoms with Gasteiger partial charge < -0.3 is 10.2 Å². The van der Waals surface area contributed by atoms with E-state index >= 15 is 0 Å². The molecule has 0 radical (unpaired) electrons. The molecule has 29 heavy (non-hydrogen) atoms.